The first-order chi connectivity index (χ1) is 6.24. The maximum absolute atomic E-state index is 4.27. The lowest BCUT2D eigenvalue weighted by molar-refractivity contribution is 0.308. The third kappa shape index (κ3) is 2.21. The minimum Gasteiger partial charge on any atom is -0.367 e. The van der Waals surface area contributed by atoms with E-state index in [1.807, 2.05) is 18.3 Å². The third-order valence-corrected chi connectivity index (χ3v) is 2.92. The van der Waals surface area contributed by atoms with Gasteiger partial charge < -0.3 is 5.32 Å². The summed E-state index contributed by atoms with van der Waals surface area (Å²) < 4.78 is 1.03. The summed E-state index contributed by atoms with van der Waals surface area (Å²) in [7, 11) is 0. The van der Waals surface area contributed by atoms with Gasteiger partial charge in [-0.1, -0.05) is 6.92 Å². The van der Waals surface area contributed by atoms with Crippen molar-refractivity contribution in [3.05, 3.63) is 22.8 Å². The van der Waals surface area contributed by atoms with E-state index in [1.54, 1.807) is 0 Å². The van der Waals surface area contributed by atoms with Crippen LogP contribution in [0.1, 0.15) is 19.8 Å². The molecule has 13 heavy (non-hydrogen) atoms. The molecule has 1 aliphatic rings. The average Bonchev–Trinajstić information content (AvgIpc) is 2.06. The van der Waals surface area contributed by atoms with Crippen LogP contribution in [0.5, 0.6) is 0 Å². The van der Waals surface area contributed by atoms with Gasteiger partial charge in [-0.15, -0.1) is 0 Å². The maximum Gasteiger partial charge on any atom is 0.126 e. The highest BCUT2D eigenvalue weighted by molar-refractivity contribution is 9.10. The zero-order valence-corrected chi connectivity index (χ0v) is 9.21. The fourth-order valence-corrected chi connectivity index (χ4v) is 1.93. The summed E-state index contributed by atoms with van der Waals surface area (Å²) in [6.45, 7) is 2.28. The molecule has 1 saturated carbocycles. The van der Waals surface area contributed by atoms with Crippen LogP contribution in [0.15, 0.2) is 22.8 Å². The van der Waals surface area contributed by atoms with Gasteiger partial charge >= 0.3 is 0 Å². The summed E-state index contributed by atoms with van der Waals surface area (Å²) >= 11 is 3.36. The first kappa shape index (κ1) is 9.00. The Bertz CT molecular complexity index is 277. The summed E-state index contributed by atoms with van der Waals surface area (Å²) in [5.41, 5.74) is 0. The molecule has 1 aromatic rings. The van der Waals surface area contributed by atoms with E-state index in [4.69, 9.17) is 0 Å². The standard InChI is InChI=1S/C10H13BrN2/c1-7-4-9(5-7)13-10-3-2-8(11)6-12-10/h2-3,6-7,9H,4-5H2,1H3,(H,12,13). The lowest BCUT2D eigenvalue weighted by Crippen LogP contribution is -2.33. The van der Waals surface area contributed by atoms with E-state index < -0.39 is 0 Å². The molecular formula is C10H13BrN2. The molecule has 1 N–H and O–H groups in total. The van der Waals surface area contributed by atoms with Crippen LogP contribution in [0.3, 0.4) is 0 Å². The molecule has 0 amide bonds. The highest BCUT2D eigenvalue weighted by atomic mass is 79.9. The summed E-state index contributed by atoms with van der Waals surface area (Å²) in [5, 5.41) is 3.40. The fraction of sp³-hybridized carbons (Fsp3) is 0.500. The van der Waals surface area contributed by atoms with E-state index in [1.165, 1.54) is 12.8 Å². The van der Waals surface area contributed by atoms with Crippen molar-refractivity contribution in [1.29, 1.82) is 0 Å². The van der Waals surface area contributed by atoms with Crippen LogP contribution in [0.25, 0.3) is 0 Å². The molecule has 0 aromatic carbocycles. The summed E-state index contributed by atoms with van der Waals surface area (Å²) in [4.78, 5) is 4.27. The molecule has 0 bridgehead atoms. The fourth-order valence-electron chi connectivity index (χ4n) is 1.69. The Morgan fingerprint density at radius 3 is 2.77 bits per heavy atom. The number of rotatable bonds is 2. The van der Waals surface area contributed by atoms with Gasteiger partial charge in [0.15, 0.2) is 0 Å². The van der Waals surface area contributed by atoms with Gasteiger partial charge in [-0.3, -0.25) is 0 Å². The Hall–Kier alpha value is -0.570. The third-order valence-electron chi connectivity index (χ3n) is 2.45. The Kier molecular flexibility index (Phi) is 2.54. The minimum atomic E-state index is 0.642. The molecule has 0 aliphatic heterocycles. The van der Waals surface area contributed by atoms with Crippen molar-refractivity contribution in [2.75, 3.05) is 5.32 Å². The van der Waals surface area contributed by atoms with Gasteiger partial charge in [0.05, 0.1) is 0 Å². The molecule has 1 heterocycles. The van der Waals surface area contributed by atoms with Crippen molar-refractivity contribution in [2.24, 2.45) is 5.92 Å². The van der Waals surface area contributed by atoms with E-state index in [2.05, 4.69) is 33.2 Å². The first-order valence-electron chi connectivity index (χ1n) is 4.62. The topological polar surface area (TPSA) is 24.9 Å². The lowest BCUT2D eigenvalue weighted by atomic mass is 9.82. The predicted molar refractivity (Wildman–Crippen MR) is 57.7 cm³/mol. The van der Waals surface area contributed by atoms with Crippen LogP contribution in [0.2, 0.25) is 0 Å². The van der Waals surface area contributed by atoms with Crippen molar-refractivity contribution in [1.82, 2.24) is 4.98 Å². The predicted octanol–water partition coefficient (Wildman–Crippen LogP) is 3.05. The summed E-state index contributed by atoms with van der Waals surface area (Å²) in [6, 6.07) is 4.66. The first-order valence-corrected chi connectivity index (χ1v) is 5.41. The van der Waals surface area contributed by atoms with Crippen molar-refractivity contribution < 1.29 is 0 Å². The Balaban J connectivity index is 1.91. The molecule has 70 valence electrons. The molecule has 3 heteroatoms. The van der Waals surface area contributed by atoms with Gasteiger partial charge in [-0.2, -0.15) is 0 Å². The second-order valence-corrected chi connectivity index (χ2v) is 4.70. The van der Waals surface area contributed by atoms with Crippen LogP contribution >= 0.6 is 15.9 Å². The van der Waals surface area contributed by atoms with Crippen molar-refractivity contribution in [2.45, 2.75) is 25.8 Å². The zero-order chi connectivity index (χ0) is 9.26. The highest BCUT2D eigenvalue weighted by Gasteiger charge is 2.24. The van der Waals surface area contributed by atoms with Crippen LogP contribution in [0, 0.1) is 5.92 Å². The summed E-state index contributed by atoms with van der Waals surface area (Å²) in [5.74, 6) is 1.87. The molecule has 2 rings (SSSR count). The number of nitrogens with one attached hydrogen (secondary N) is 1. The molecule has 0 atom stereocenters. The van der Waals surface area contributed by atoms with Gasteiger partial charge in [0.2, 0.25) is 0 Å². The average molecular weight is 241 g/mol. The normalized spacial score (nSPS) is 26.6. The van der Waals surface area contributed by atoms with E-state index >= 15 is 0 Å². The summed E-state index contributed by atoms with van der Waals surface area (Å²) in [6.07, 6.45) is 4.37. The molecule has 1 aliphatic carbocycles. The number of aromatic nitrogens is 1. The molecule has 0 radical (unpaired) electrons. The van der Waals surface area contributed by atoms with Crippen LogP contribution in [0.4, 0.5) is 5.82 Å². The molecule has 1 fully saturated rings. The minimum absolute atomic E-state index is 0.642. The Morgan fingerprint density at radius 1 is 1.46 bits per heavy atom. The quantitative estimate of drug-likeness (QED) is 0.860. The van der Waals surface area contributed by atoms with Crippen molar-refractivity contribution in [3.8, 4) is 0 Å². The molecule has 2 nitrogen and oxygen atoms in total. The SMILES string of the molecule is CC1CC(Nc2ccc(Br)cn2)C1. The molecule has 0 unspecified atom stereocenters. The maximum atomic E-state index is 4.27. The van der Waals surface area contributed by atoms with Crippen LogP contribution < -0.4 is 5.32 Å². The number of pyridine rings is 1. The monoisotopic (exact) mass is 240 g/mol. The van der Waals surface area contributed by atoms with Gasteiger partial charge in [0, 0.05) is 16.7 Å². The second-order valence-electron chi connectivity index (χ2n) is 3.78. The number of hydrogen-bond donors (Lipinski definition) is 1. The molecular weight excluding hydrogens is 228 g/mol. The number of halogens is 1. The van der Waals surface area contributed by atoms with E-state index in [-0.39, 0.29) is 0 Å². The van der Waals surface area contributed by atoms with Gasteiger partial charge in [0.1, 0.15) is 5.82 Å². The van der Waals surface area contributed by atoms with Crippen LogP contribution in [-0.2, 0) is 0 Å². The Morgan fingerprint density at radius 2 is 2.23 bits per heavy atom. The lowest BCUT2D eigenvalue weighted by Gasteiger charge is -2.33. The van der Waals surface area contributed by atoms with Crippen LogP contribution in [-0.4, -0.2) is 11.0 Å². The molecule has 1 aromatic heterocycles. The van der Waals surface area contributed by atoms with Gasteiger partial charge in [0.25, 0.3) is 0 Å². The van der Waals surface area contributed by atoms with Gasteiger partial charge in [-0.25, -0.2) is 4.98 Å². The van der Waals surface area contributed by atoms with E-state index in [0.29, 0.717) is 6.04 Å². The van der Waals surface area contributed by atoms with Gasteiger partial charge in [-0.05, 0) is 46.8 Å². The zero-order valence-electron chi connectivity index (χ0n) is 7.63. The molecule has 0 saturated heterocycles. The second kappa shape index (κ2) is 3.66. The van der Waals surface area contributed by atoms with Crippen molar-refractivity contribution >= 4 is 21.7 Å². The van der Waals surface area contributed by atoms with Crippen molar-refractivity contribution in [3.63, 3.8) is 0 Å². The largest absolute Gasteiger partial charge is 0.367 e. The smallest absolute Gasteiger partial charge is 0.126 e. The highest BCUT2D eigenvalue weighted by Crippen LogP contribution is 2.28. The Labute approximate surface area is 86.9 Å². The van der Waals surface area contributed by atoms with E-state index in [9.17, 15) is 0 Å². The molecule has 0 spiro atoms. The number of nitrogens with zero attached hydrogens (tertiary/aromatic N) is 1. The number of hydrogen-bond acceptors (Lipinski definition) is 2. The number of anilines is 1. The van der Waals surface area contributed by atoms with E-state index in [0.717, 1.165) is 16.2 Å².